The number of para-hydroxylation sites is 1. The molecule has 0 amide bonds. The lowest BCUT2D eigenvalue weighted by atomic mass is 10.00. The molecule has 0 unspecified atom stereocenters. The third kappa shape index (κ3) is 2.49. The van der Waals surface area contributed by atoms with Crippen molar-refractivity contribution in [2.45, 2.75) is 44.6 Å². The normalized spacial score (nSPS) is 36.4. The molecule has 1 aromatic carbocycles. The van der Waals surface area contributed by atoms with Crippen LogP contribution >= 0.6 is 0 Å². The zero-order valence-electron chi connectivity index (χ0n) is 10.4. The summed E-state index contributed by atoms with van der Waals surface area (Å²) in [5.41, 5.74) is 0.904. The van der Waals surface area contributed by atoms with E-state index in [1.165, 1.54) is 0 Å². The summed E-state index contributed by atoms with van der Waals surface area (Å²) in [5.74, 6) is 0.581. The molecular weight excluding hydrogens is 236 g/mol. The molecule has 1 aliphatic heterocycles. The molecule has 0 spiro atoms. The van der Waals surface area contributed by atoms with Gasteiger partial charge in [-0.2, -0.15) is 0 Å². The van der Waals surface area contributed by atoms with Gasteiger partial charge in [0, 0.05) is 0 Å². The van der Waals surface area contributed by atoms with Gasteiger partial charge in [-0.15, -0.1) is 0 Å². The Balaban J connectivity index is 2.12. The highest BCUT2D eigenvalue weighted by Crippen LogP contribution is 2.25. The molecule has 5 nitrogen and oxygen atoms in total. The third-order valence-electron chi connectivity index (χ3n) is 3.15. The molecule has 5 atom stereocenters. The average molecular weight is 254 g/mol. The van der Waals surface area contributed by atoms with Crippen molar-refractivity contribution in [3.63, 3.8) is 0 Å². The van der Waals surface area contributed by atoms with E-state index in [0.29, 0.717) is 5.75 Å². The van der Waals surface area contributed by atoms with Crippen LogP contribution in [0.4, 0.5) is 0 Å². The summed E-state index contributed by atoms with van der Waals surface area (Å²) in [6, 6.07) is 7.32. The second-order valence-corrected chi connectivity index (χ2v) is 4.56. The van der Waals surface area contributed by atoms with Crippen LogP contribution in [0.1, 0.15) is 12.5 Å². The van der Waals surface area contributed by atoms with Crippen LogP contribution in [0.5, 0.6) is 5.75 Å². The smallest absolute Gasteiger partial charge is 0.229 e. The molecule has 1 fully saturated rings. The number of hydrogen-bond donors (Lipinski definition) is 3. The summed E-state index contributed by atoms with van der Waals surface area (Å²) in [5, 5.41) is 29.1. The quantitative estimate of drug-likeness (QED) is 0.702. The molecule has 1 aromatic rings. The first-order valence-corrected chi connectivity index (χ1v) is 5.92. The minimum Gasteiger partial charge on any atom is -0.462 e. The fourth-order valence-corrected chi connectivity index (χ4v) is 1.92. The summed E-state index contributed by atoms with van der Waals surface area (Å²) < 4.78 is 10.9. The molecule has 0 saturated carbocycles. The van der Waals surface area contributed by atoms with Crippen molar-refractivity contribution >= 4 is 0 Å². The number of aliphatic hydroxyl groups excluding tert-OH is 3. The van der Waals surface area contributed by atoms with Crippen molar-refractivity contribution in [2.24, 2.45) is 0 Å². The molecule has 3 N–H and O–H groups in total. The average Bonchev–Trinajstić information content (AvgIpc) is 2.36. The second-order valence-electron chi connectivity index (χ2n) is 4.56. The van der Waals surface area contributed by atoms with Crippen LogP contribution in [0.25, 0.3) is 0 Å². The molecule has 0 bridgehead atoms. The van der Waals surface area contributed by atoms with Gasteiger partial charge in [0.1, 0.15) is 24.1 Å². The molecule has 1 saturated heterocycles. The number of benzene rings is 1. The summed E-state index contributed by atoms with van der Waals surface area (Å²) in [6.07, 6.45) is -5.26. The highest BCUT2D eigenvalue weighted by atomic mass is 16.7. The van der Waals surface area contributed by atoms with E-state index in [4.69, 9.17) is 9.47 Å². The van der Waals surface area contributed by atoms with Gasteiger partial charge in [-0.1, -0.05) is 18.2 Å². The van der Waals surface area contributed by atoms with Crippen LogP contribution in [0.15, 0.2) is 24.3 Å². The first-order chi connectivity index (χ1) is 8.50. The van der Waals surface area contributed by atoms with Crippen LogP contribution < -0.4 is 4.74 Å². The Morgan fingerprint density at radius 3 is 2.39 bits per heavy atom. The van der Waals surface area contributed by atoms with Gasteiger partial charge in [0.25, 0.3) is 0 Å². The zero-order valence-corrected chi connectivity index (χ0v) is 10.4. The number of rotatable bonds is 2. The lowest BCUT2D eigenvalue weighted by molar-refractivity contribution is -0.268. The van der Waals surface area contributed by atoms with Gasteiger partial charge < -0.3 is 24.8 Å². The predicted molar refractivity (Wildman–Crippen MR) is 64.2 cm³/mol. The molecule has 1 aliphatic rings. The Bertz CT molecular complexity index is 408. The summed E-state index contributed by atoms with van der Waals surface area (Å²) in [4.78, 5) is 0. The van der Waals surface area contributed by atoms with Crippen molar-refractivity contribution < 1.29 is 24.8 Å². The van der Waals surface area contributed by atoms with Gasteiger partial charge in [-0.25, -0.2) is 0 Å². The topological polar surface area (TPSA) is 79.2 Å². The maximum Gasteiger partial charge on any atom is 0.229 e. The zero-order chi connectivity index (χ0) is 13.3. The van der Waals surface area contributed by atoms with Crippen molar-refractivity contribution in [1.29, 1.82) is 0 Å². The van der Waals surface area contributed by atoms with Gasteiger partial charge in [0.05, 0.1) is 6.10 Å². The van der Waals surface area contributed by atoms with Crippen LogP contribution in [0.2, 0.25) is 0 Å². The first kappa shape index (κ1) is 13.3. The Kier molecular flexibility index (Phi) is 3.87. The molecule has 0 aromatic heterocycles. The van der Waals surface area contributed by atoms with E-state index in [9.17, 15) is 15.3 Å². The van der Waals surface area contributed by atoms with E-state index in [2.05, 4.69) is 0 Å². The molecule has 1 heterocycles. The molecular formula is C13H18O5. The van der Waals surface area contributed by atoms with Crippen molar-refractivity contribution in [3.05, 3.63) is 29.8 Å². The van der Waals surface area contributed by atoms with Crippen molar-refractivity contribution in [1.82, 2.24) is 0 Å². The Labute approximate surface area is 106 Å². The van der Waals surface area contributed by atoms with E-state index >= 15 is 0 Å². The summed E-state index contributed by atoms with van der Waals surface area (Å²) >= 11 is 0. The van der Waals surface area contributed by atoms with Crippen LogP contribution in [0, 0.1) is 6.92 Å². The molecule has 2 rings (SSSR count). The third-order valence-corrected chi connectivity index (χ3v) is 3.15. The lowest BCUT2D eigenvalue weighted by Gasteiger charge is -2.39. The minimum absolute atomic E-state index is 0.581. The van der Waals surface area contributed by atoms with Gasteiger partial charge in [0.2, 0.25) is 6.29 Å². The van der Waals surface area contributed by atoms with Crippen LogP contribution in [-0.2, 0) is 4.74 Å². The maximum atomic E-state index is 9.82. The molecule has 18 heavy (non-hydrogen) atoms. The lowest BCUT2D eigenvalue weighted by Crippen LogP contribution is -2.58. The molecule has 0 radical (unpaired) electrons. The fourth-order valence-electron chi connectivity index (χ4n) is 1.92. The minimum atomic E-state index is -1.28. The van der Waals surface area contributed by atoms with E-state index in [1.807, 2.05) is 25.1 Å². The number of ether oxygens (including phenoxy) is 2. The highest BCUT2D eigenvalue weighted by molar-refractivity contribution is 5.31. The van der Waals surface area contributed by atoms with Gasteiger partial charge in [-0.3, -0.25) is 0 Å². The largest absolute Gasteiger partial charge is 0.462 e. The van der Waals surface area contributed by atoms with E-state index in [0.717, 1.165) is 5.56 Å². The number of aryl methyl sites for hydroxylation is 1. The highest BCUT2D eigenvalue weighted by Gasteiger charge is 2.43. The number of hydrogen-bond acceptors (Lipinski definition) is 5. The Hall–Kier alpha value is -1.14. The van der Waals surface area contributed by atoms with Gasteiger partial charge in [0.15, 0.2) is 0 Å². The maximum absolute atomic E-state index is 9.82. The summed E-state index contributed by atoms with van der Waals surface area (Å²) in [6.45, 7) is 3.49. The second kappa shape index (κ2) is 5.24. The van der Waals surface area contributed by atoms with Crippen molar-refractivity contribution in [2.75, 3.05) is 0 Å². The first-order valence-electron chi connectivity index (χ1n) is 5.92. The van der Waals surface area contributed by atoms with Crippen LogP contribution in [0.3, 0.4) is 0 Å². The SMILES string of the molecule is Cc1ccccc1O[C@@H]1O[C@@H](C)[C@H](O)[C@@H](O)[C@H]1O. The van der Waals surface area contributed by atoms with Crippen molar-refractivity contribution in [3.8, 4) is 5.75 Å². The standard InChI is InChI=1S/C13H18O5/c1-7-5-3-4-6-9(7)18-13-12(16)11(15)10(14)8(2)17-13/h3-6,8,10-16H,1-2H3/t8-,10-,11+,12+,13-/m0/s1. The Morgan fingerprint density at radius 2 is 1.72 bits per heavy atom. The monoisotopic (exact) mass is 254 g/mol. The fraction of sp³-hybridized carbons (Fsp3) is 0.538. The molecule has 100 valence electrons. The Morgan fingerprint density at radius 1 is 1.06 bits per heavy atom. The van der Waals surface area contributed by atoms with Gasteiger partial charge in [-0.05, 0) is 25.5 Å². The van der Waals surface area contributed by atoms with Gasteiger partial charge >= 0.3 is 0 Å². The van der Waals surface area contributed by atoms with E-state index < -0.39 is 30.7 Å². The summed E-state index contributed by atoms with van der Waals surface area (Å²) in [7, 11) is 0. The number of aliphatic hydroxyl groups is 3. The van der Waals surface area contributed by atoms with E-state index in [1.54, 1.807) is 13.0 Å². The van der Waals surface area contributed by atoms with E-state index in [-0.39, 0.29) is 0 Å². The predicted octanol–water partition coefficient (Wildman–Crippen LogP) is 0.201. The van der Waals surface area contributed by atoms with Crippen LogP contribution in [-0.4, -0.2) is 46.0 Å². The molecule has 0 aliphatic carbocycles. The molecule has 5 heteroatoms.